The number of nitrogens with one attached hydrogen (secondary N) is 1. The third kappa shape index (κ3) is 27.0. The minimum absolute atomic E-state index is 0.00992. The molecule has 0 radical (unpaired) electrons. The van der Waals surface area contributed by atoms with Gasteiger partial charge in [0.05, 0.1) is 89.7 Å². The van der Waals surface area contributed by atoms with Crippen LogP contribution in [0, 0.1) is 11.7 Å². The van der Waals surface area contributed by atoms with Crippen molar-refractivity contribution in [3.8, 4) is 16.9 Å². The Balaban J connectivity index is 0.849. The average molecular weight is 1850 g/mol. The Kier molecular flexibility index (Phi) is 34.5. The highest BCUT2D eigenvalue weighted by molar-refractivity contribution is 7.99. The van der Waals surface area contributed by atoms with E-state index < -0.39 is 106 Å². The summed E-state index contributed by atoms with van der Waals surface area (Å²) in [5.41, 5.74) is 12.4. The molecule has 0 spiro atoms. The maximum atomic E-state index is 17.0. The van der Waals surface area contributed by atoms with Gasteiger partial charge in [-0.3, -0.25) is 4.79 Å². The van der Waals surface area contributed by atoms with Crippen LogP contribution in [-0.4, -0.2) is 118 Å². The molecule has 4 unspecified atom stereocenters. The molecule has 2 amide bonds. The maximum absolute atomic E-state index is 17.0. The van der Waals surface area contributed by atoms with Crippen LogP contribution in [0.15, 0.2) is 375 Å². The molecular formula is C115H121FN2O15SSi. The van der Waals surface area contributed by atoms with E-state index in [4.69, 9.17) is 61.3 Å². The van der Waals surface area contributed by atoms with E-state index in [0.717, 1.165) is 82.9 Å². The molecule has 13 aromatic carbocycles. The zero-order valence-electron chi connectivity index (χ0n) is 77.3. The highest BCUT2D eigenvalue weighted by atomic mass is 32.2. The van der Waals surface area contributed by atoms with E-state index >= 15 is 9.18 Å². The summed E-state index contributed by atoms with van der Waals surface area (Å²) in [7, 11) is -2.64. The zero-order valence-corrected chi connectivity index (χ0v) is 79.1. The smallest absolute Gasteiger partial charge is 0.416 e. The number of para-hydroxylation sites is 1. The molecule has 17 nitrogen and oxygen atoms in total. The number of imide groups is 1. The summed E-state index contributed by atoms with van der Waals surface area (Å²) in [4.78, 5) is 34.1. The summed E-state index contributed by atoms with van der Waals surface area (Å²) >= 11 is 1.56. The first kappa shape index (κ1) is 96.6. The number of thioether (sulfide) groups is 1. The van der Waals surface area contributed by atoms with Crippen molar-refractivity contribution in [2.24, 2.45) is 5.92 Å². The van der Waals surface area contributed by atoms with Gasteiger partial charge in [0, 0.05) is 16.3 Å². The summed E-state index contributed by atoms with van der Waals surface area (Å²) in [6.45, 7) is 12.6. The normalized spacial score (nSPS) is 20.3. The van der Waals surface area contributed by atoms with E-state index in [1.807, 2.05) is 315 Å². The lowest BCUT2D eigenvalue weighted by molar-refractivity contribution is -0.362. The number of benzene rings is 13. The molecule has 1 N–H and O–H groups in total. The molecule has 3 heterocycles. The molecule has 0 saturated carbocycles. The highest BCUT2D eigenvalue weighted by Crippen LogP contribution is 2.47. The van der Waals surface area contributed by atoms with Gasteiger partial charge in [-0.15, -0.1) is 11.8 Å². The van der Waals surface area contributed by atoms with Crippen molar-refractivity contribution in [3.05, 3.63) is 437 Å². The van der Waals surface area contributed by atoms with Gasteiger partial charge in [-0.25, -0.2) is 14.1 Å². The van der Waals surface area contributed by atoms with Crippen LogP contribution in [0.1, 0.15) is 107 Å². The Labute approximate surface area is 799 Å². The number of nitrogens with zero attached hydrogens (tertiary/aromatic N) is 1. The van der Waals surface area contributed by atoms with Crippen molar-refractivity contribution in [3.63, 3.8) is 0 Å². The van der Waals surface area contributed by atoms with Gasteiger partial charge in [0.2, 0.25) is 5.91 Å². The first-order valence-electron chi connectivity index (χ1n) is 46.8. The van der Waals surface area contributed by atoms with E-state index in [0.29, 0.717) is 25.2 Å². The molecule has 135 heavy (non-hydrogen) atoms. The van der Waals surface area contributed by atoms with Gasteiger partial charge in [-0.05, 0) is 152 Å². The number of amides is 2. The number of halogens is 1. The molecule has 3 saturated heterocycles. The van der Waals surface area contributed by atoms with E-state index in [9.17, 15) is 4.79 Å². The lowest BCUT2D eigenvalue weighted by Crippen LogP contribution is -2.66. The van der Waals surface area contributed by atoms with Crippen LogP contribution < -0.4 is 10.1 Å². The Morgan fingerprint density at radius 3 is 1.36 bits per heavy atom. The van der Waals surface area contributed by atoms with Gasteiger partial charge in [-0.1, -0.05) is 348 Å². The molecule has 20 heteroatoms. The molecule has 13 aromatic rings. The molecule has 0 bridgehead atoms. The molecule has 3 aliphatic heterocycles. The minimum Gasteiger partial charge on any atom is -0.489 e. The van der Waals surface area contributed by atoms with Gasteiger partial charge in [0.25, 0.3) is 0 Å². The van der Waals surface area contributed by atoms with Crippen LogP contribution >= 0.6 is 11.8 Å². The fourth-order valence-electron chi connectivity index (χ4n) is 17.3. The fourth-order valence-corrected chi connectivity index (χ4v) is 19.8. The van der Waals surface area contributed by atoms with E-state index in [-0.39, 0.29) is 89.1 Å². The van der Waals surface area contributed by atoms with Crippen molar-refractivity contribution in [1.29, 1.82) is 0 Å². The number of rotatable bonds is 45. The molecule has 16 rings (SSSR count). The lowest BCUT2D eigenvalue weighted by atomic mass is 9.85. The first-order valence-corrected chi connectivity index (χ1v) is 50.7. The maximum Gasteiger partial charge on any atom is 0.416 e. The number of cyclic esters (lactones) is 1. The van der Waals surface area contributed by atoms with Crippen LogP contribution in [0.25, 0.3) is 11.1 Å². The van der Waals surface area contributed by atoms with Crippen LogP contribution in [0.3, 0.4) is 0 Å². The SMILES string of the molecule is CC(C)(C)[Si](C)(C)O[C@H](CC[C@@H](C(=O)N1C(=O)OC[C@@H]1Cc1ccccc1)[C@H](Nc1ccccc1)c1ccc(-c2cccc(OCc3ccccc3)c2)cc1SC[C@@H]1OC(COCc2ccccc2)[C@H](O[C@@H]2OC(COCc3ccccc3)[C@H](OCc3ccccc3)[C@H](OCc3ccccc3)C2OCc2ccccc2)[C@H](OCc2ccccc2)C1OCc1ccccc1)c1ccc(F)cc1. The molecule has 698 valence electrons. The van der Waals surface area contributed by atoms with E-state index in [1.54, 1.807) is 23.9 Å². The Hall–Kier alpha value is -11.5. The highest BCUT2D eigenvalue weighted by Gasteiger charge is 2.55. The molecule has 0 aliphatic carbocycles. The summed E-state index contributed by atoms with van der Waals surface area (Å²) in [5.74, 6) is -0.979. The van der Waals surface area contributed by atoms with Gasteiger partial charge in [0.1, 0.15) is 73.6 Å². The van der Waals surface area contributed by atoms with Crippen LogP contribution in [0.2, 0.25) is 18.1 Å². The van der Waals surface area contributed by atoms with Crippen molar-refractivity contribution in [2.45, 2.75) is 195 Å². The standard InChI is InChI=1S/C115H121FN2O15SSi/c1-115(2,3)135(4,5)133-100(91-59-62-94(116)63-60-91)66-65-99(112(119)118-96(78-129-114(118)120)67-82-37-16-6-17-38-82)105(117-95-56-34-15-35-57-95)98-64-61-93(92-55-36-58-97(68-92)123-72-85-43-22-9-23-44-85)69-104(98)134-81-103-107(125-74-87-47-26-11-27-48-87)109(126-75-88-49-28-12-29-50-88)108(102(130-103)80-122-71-84-41-20-8-21-42-84)132-113-111(128-77-90-53-32-14-33-54-90)110(127-76-89-51-30-13-31-52-89)106(124-73-86-45-24-10-25-46-86)101(131-113)79-121-70-83-39-18-7-19-40-83/h6-64,68-69,96,99-103,105-111,113,117H,65-67,70-81H2,1-5H3/t96-,99+,100+,101?,102?,103-,105+,106-,107?,108-,109+,110-,111?,113-/m0/s1. The molecule has 3 aliphatic rings. The predicted molar refractivity (Wildman–Crippen MR) is 528 cm³/mol. The number of hydrogen-bond donors (Lipinski definition) is 1. The van der Waals surface area contributed by atoms with E-state index in [2.05, 4.69) is 69.5 Å². The molecule has 0 aromatic heterocycles. The van der Waals surface area contributed by atoms with Crippen molar-refractivity contribution >= 4 is 37.8 Å². The van der Waals surface area contributed by atoms with Crippen molar-refractivity contribution in [1.82, 2.24) is 4.90 Å². The minimum atomic E-state index is -2.64. The monoisotopic (exact) mass is 1850 g/mol. The number of ether oxygens (including phenoxy) is 12. The predicted octanol–water partition coefficient (Wildman–Crippen LogP) is 24.3. The topological polar surface area (TPSA) is 169 Å². The second-order valence-corrected chi connectivity index (χ2v) is 42.1. The Morgan fingerprint density at radius 1 is 0.444 bits per heavy atom. The number of carbonyl (C=O) groups excluding carboxylic acids is 2. The number of anilines is 1. The van der Waals surface area contributed by atoms with Crippen LogP contribution in [-0.2, 0) is 121 Å². The molecule has 3 fully saturated rings. The summed E-state index contributed by atoms with van der Waals surface area (Å²) in [6, 6.07) is 120. The first-order chi connectivity index (χ1) is 66.0. The largest absolute Gasteiger partial charge is 0.489 e. The summed E-state index contributed by atoms with van der Waals surface area (Å²) in [6.07, 6.45) is -10.2. The van der Waals surface area contributed by atoms with Gasteiger partial charge in [0.15, 0.2) is 14.6 Å². The lowest BCUT2D eigenvalue weighted by Gasteiger charge is -2.50. The average Bonchev–Trinajstić information content (AvgIpc) is 1.59. The van der Waals surface area contributed by atoms with Crippen molar-refractivity contribution in [2.75, 3.05) is 30.9 Å². The third-order valence-corrected chi connectivity index (χ3v) is 31.2. The number of hydrogen-bond acceptors (Lipinski definition) is 17. The second kappa shape index (κ2) is 48.3. The quantitative estimate of drug-likeness (QED) is 0.0282. The number of carbonyl (C=O) groups is 2. The Morgan fingerprint density at radius 2 is 0.867 bits per heavy atom. The third-order valence-electron chi connectivity index (χ3n) is 25.5. The Bertz CT molecular complexity index is 5740. The van der Waals surface area contributed by atoms with E-state index in [1.165, 1.54) is 17.0 Å². The summed E-state index contributed by atoms with van der Waals surface area (Å²) < 4.78 is 110. The van der Waals surface area contributed by atoms with Crippen LogP contribution in [0.5, 0.6) is 5.75 Å². The fraction of sp³-hybridized carbons (Fsp3) is 0.304. The molecule has 14 atom stereocenters. The zero-order chi connectivity index (χ0) is 93.0. The van der Waals surface area contributed by atoms with Gasteiger partial charge < -0.3 is 66.6 Å². The van der Waals surface area contributed by atoms with Crippen molar-refractivity contribution < 1.29 is 75.2 Å². The molecular weight excluding hydrogens is 1730 g/mol. The van der Waals surface area contributed by atoms with Gasteiger partial charge in [-0.2, -0.15) is 0 Å². The summed E-state index contributed by atoms with van der Waals surface area (Å²) in [5, 5.41) is 3.74. The second-order valence-electron chi connectivity index (χ2n) is 36.2. The van der Waals surface area contributed by atoms with Crippen LogP contribution in [0.4, 0.5) is 14.9 Å². The van der Waals surface area contributed by atoms with Gasteiger partial charge >= 0.3 is 6.09 Å².